The number of benzene rings is 1. The quantitative estimate of drug-likeness (QED) is 0.834. The number of nitrogens with zero attached hydrogens (tertiary/aromatic N) is 2. The van der Waals surface area contributed by atoms with Crippen molar-refractivity contribution in [1.29, 1.82) is 0 Å². The highest BCUT2D eigenvalue weighted by atomic mass is 16.3. The lowest BCUT2D eigenvalue weighted by atomic mass is 10.1. The lowest BCUT2D eigenvalue weighted by Crippen LogP contribution is -2.37. The fraction of sp³-hybridized carbons (Fsp3) is 0.526. The third-order valence-corrected chi connectivity index (χ3v) is 4.82. The van der Waals surface area contributed by atoms with Crippen LogP contribution in [-0.4, -0.2) is 33.3 Å². The van der Waals surface area contributed by atoms with Gasteiger partial charge >= 0.3 is 0 Å². The third kappa shape index (κ3) is 4.01. The Morgan fingerprint density at radius 2 is 1.91 bits per heavy atom. The van der Waals surface area contributed by atoms with E-state index < -0.39 is 6.10 Å². The van der Waals surface area contributed by atoms with Crippen molar-refractivity contribution < 1.29 is 5.11 Å². The molecule has 1 aliphatic carbocycles. The van der Waals surface area contributed by atoms with Crippen LogP contribution < -0.4 is 5.32 Å². The summed E-state index contributed by atoms with van der Waals surface area (Å²) in [7, 11) is 0. The van der Waals surface area contributed by atoms with E-state index in [1.807, 2.05) is 6.33 Å². The summed E-state index contributed by atoms with van der Waals surface area (Å²) in [6.07, 6.45) is 10.6. The van der Waals surface area contributed by atoms with Gasteiger partial charge in [0.15, 0.2) is 0 Å². The van der Waals surface area contributed by atoms with Crippen molar-refractivity contribution in [2.75, 3.05) is 6.54 Å². The second-order valence-electron chi connectivity index (χ2n) is 6.71. The molecule has 0 bridgehead atoms. The van der Waals surface area contributed by atoms with Crippen molar-refractivity contribution in [3.05, 3.63) is 41.7 Å². The summed E-state index contributed by atoms with van der Waals surface area (Å²) < 4.78 is 2.06. The van der Waals surface area contributed by atoms with Crippen LogP contribution in [0.5, 0.6) is 0 Å². The number of aryl methyl sites for hydroxylation is 2. The second-order valence-corrected chi connectivity index (χ2v) is 6.71. The van der Waals surface area contributed by atoms with Crippen LogP contribution in [0.15, 0.2) is 30.6 Å². The third-order valence-electron chi connectivity index (χ3n) is 4.82. The van der Waals surface area contributed by atoms with Crippen LogP contribution in [0.3, 0.4) is 0 Å². The maximum Gasteiger partial charge on any atom is 0.0959 e. The molecule has 2 aromatic rings. The first-order valence-electron chi connectivity index (χ1n) is 8.62. The largest absolute Gasteiger partial charge is 0.390 e. The molecule has 1 aromatic heterocycles. The highest BCUT2D eigenvalue weighted by Gasteiger charge is 2.13. The van der Waals surface area contributed by atoms with Gasteiger partial charge in [-0.1, -0.05) is 12.2 Å². The summed E-state index contributed by atoms with van der Waals surface area (Å²) in [6, 6.07) is 4.79. The van der Waals surface area contributed by atoms with Gasteiger partial charge in [-0.3, -0.25) is 0 Å². The minimum absolute atomic E-state index is 0.398. The van der Waals surface area contributed by atoms with Crippen LogP contribution in [0.2, 0.25) is 0 Å². The Bertz CT molecular complexity index is 679. The first kappa shape index (κ1) is 16.2. The van der Waals surface area contributed by atoms with Crippen LogP contribution in [0, 0.1) is 13.8 Å². The Hall–Kier alpha value is -1.65. The molecule has 4 nitrogen and oxygen atoms in total. The highest BCUT2D eigenvalue weighted by molar-refractivity contribution is 5.77. The number of aromatic nitrogens is 2. The number of fused-ring (bicyclic) bond motifs is 1. The predicted octanol–water partition coefficient (Wildman–Crippen LogP) is 3.10. The van der Waals surface area contributed by atoms with Crippen molar-refractivity contribution in [2.24, 2.45) is 0 Å². The number of hydrogen-bond donors (Lipinski definition) is 2. The molecule has 0 aliphatic heterocycles. The van der Waals surface area contributed by atoms with Crippen molar-refractivity contribution in [1.82, 2.24) is 14.9 Å². The number of nitrogens with one attached hydrogen (secondary N) is 1. The molecule has 124 valence electrons. The van der Waals surface area contributed by atoms with E-state index in [9.17, 15) is 5.11 Å². The Balaban J connectivity index is 1.59. The van der Waals surface area contributed by atoms with Crippen molar-refractivity contribution in [3.63, 3.8) is 0 Å². The molecule has 0 saturated heterocycles. The van der Waals surface area contributed by atoms with Gasteiger partial charge < -0.3 is 15.0 Å². The van der Waals surface area contributed by atoms with Gasteiger partial charge in [-0.25, -0.2) is 4.98 Å². The van der Waals surface area contributed by atoms with Gasteiger partial charge in [0, 0.05) is 12.6 Å². The van der Waals surface area contributed by atoms with Crippen LogP contribution in [0.1, 0.15) is 36.8 Å². The number of aliphatic hydroxyl groups is 1. The molecule has 0 amide bonds. The molecule has 0 radical (unpaired) electrons. The van der Waals surface area contributed by atoms with E-state index in [2.05, 4.69) is 53.0 Å². The lowest BCUT2D eigenvalue weighted by molar-refractivity contribution is 0.147. The number of hydrogen-bond acceptors (Lipinski definition) is 3. The van der Waals surface area contributed by atoms with Crippen molar-refractivity contribution in [2.45, 2.75) is 58.2 Å². The summed E-state index contributed by atoms with van der Waals surface area (Å²) in [5.41, 5.74) is 4.62. The molecule has 1 aromatic carbocycles. The summed E-state index contributed by atoms with van der Waals surface area (Å²) in [5, 5.41) is 13.9. The average molecular weight is 313 g/mol. The van der Waals surface area contributed by atoms with Crippen LogP contribution in [0.25, 0.3) is 11.0 Å². The molecule has 4 heteroatoms. The highest BCUT2D eigenvalue weighted by Crippen LogP contribution is 2.18. The summed E-state index contributed by atoms with van der Waals surface area (Å²) >= 11 is 0. The number of allylic oxidation sites excluding steroid dienone is 2. The van der Waals surface area contributed by atoms with Gasteiger partial charge in [0.1, 0.15) is 0 Å². The fourth-order valence-electron chi connectivity index (χ4n) is 3.23. The Morgan fingerprint density at radius 3 is 2.65 bits per heavy atom. The van der Waals surface area contributed by atoms with Crippen LogP contribution >= 0.6 is 0 Å². The van der Waals surface area contributed by atoms with Crippen molar-refractivity contribution in [3.8, 4) is 0 Å². The number of aliphatic hydroxyl groups excluding tert-OH is 1. The maximum absolute atomic E-state index is 10.4. The molecule has 0 fully saturated rings. The van der Waals surface area contributed by atoms with Gasteiger partial charge in [0.25, 0.3) is 0 Å². The molecular formula is C19H27N3O. The molecule has 0 saturated carbocycles. The smallest absolute Gasteiger partial charge is 0.0959 e. The SMILES string of the molecule is Cc1cc2ncn(CC(O)CNC3CCC=CCC3)c2cc1C. The van der Waals surface area contributed by atoms with Crippen LogP contribution in [0.4, 0.5) is 0 Å². The number of imidazole rings is 1. The molecule has 0 spiro atoms. The van der Waals surface area contributed by atoms with Crippen LogP contribution in [-0.2, 0) is 6.54 Å². The molecule has 1 heterocycles. The Kier molecular flexibility index (Phi) is 5.13. The van der Waals surface area contributed by atoms with Gasteiger partial charge in [-0.05, 0) is 62.8 Å². The van der Waals surface area contributed by atoms with Gasteiger partial charge in [-0.15, -0.1) is 0 Å². The zero-order valence-electron chi connectivity index (χ0n) is 14.1. The first-order valence-corrected chi connectivity index (χ1v) is 8.62. The molecular weight excluding hydrogens is 286 g/mol. The summed E-state index contributed by atoms with van der Waals surface area (Å²) in [4.78, 5) is 4.46. The number of rotatable bonds is 5. The minimum atomic E-state index is -0.398. The lowest BCUT2D eigenvalue weighted by Gasteiger charge is -2.19. The molecule has 2 N–H and O–H groups in total. The molecule has 1 atom stereocenters. The monoisotopic (exact) mass is 313 g/mol. The van der Waals surface area contributed by atoms with E-state index in [1.54, 1.807) is 0 Å². The van der Waals surface area contributed by atoms with Crippen molar-refractivity contribution >= 4 is 11.0 Å². The van der Waals surface area contributed by atoms with Gasteiger partial charge in [0.05, 0.1) is 30.0 Å². The standard InChI is InChI=1S/C19H27N3O/c1-14-9-18-19(10-15(14)2)22(13-21-18)12-17(23)11-20-16-7-5-3-4-6-8-16/h3-4,9-10,13,16-17,20,23H,5-8,11-12H2,1-2H3. The average Bonchev–Trinajstić information content (AvgIpc) is 2.76. The molecule has 1 unspecified atom stereocenters. The Labute approximate surface area is 138 Å². The molecule has 23 heavy (non-hydrogen) atoms. The van der Waals surface area contributed by atoms with E-state index in [0.717, 1.165) is 36.7 Å². The first-order chi connectivity index (χ1) is 11.1. The second kappa shape index (κ2) is 7.28. The van der Waals surface area contributed by atoms with E-state index in [1.165, 1.54) is 11.1 Å². The zero-order chi connectivity index (χ0) is 16.2. The van der Waals surface area contributed by atoms with Gasteiger partial charge in [-0.2, -0.15) is 0 Å². The van der Waals surface area contributed by atoms with E-state index in [0.29, 0.717) is 19.1 Å². The maximum atomic E-state index is 10.4. The summed E-state index contributed by atoms with van der Waals surface area (Å²) in [6.45, 7) is 5.44. The Morgan fingerprint density at radius 1 is 1.22 bits per heavy atom. The van der Waals surface area contributed by atoms with E-state index in [4.69, 9.17) is 0 Å². The fourth-order valence-corrected chi connectivity index (χ4v) is 3.23. The normalized spacial score (nSPS) is 17.5. The van der Waals surface area contributed by atoms with E-state index >= 15 is 0 Å². The minimum Gasteiger partial charge on any atom is -0.390 e. The zero-order valence-corrected chi connectivity index (χ0v) is 14.1. The predicted molar refractivity (Wildman–Crippen MR) is 94.6 cm³/mol. The van der Waals surface area contributed by atoms with E-state index in [-0.39, 0.29) is 0 Å². The summed E-state index contributed by atoms with van der Waals surface area (Å²) in [5.74, 6) is 0. The molecule has 3 rings (SSSR count). The molecule has 1 aliphatic rings. The topological polar surface area (TPSA) is 50.1 Å². The van der Waals surface area contributed by atoms with Gasteiger partial charge in [0.2, 0.25) is 0 Å².